The largest absolute Gasteiger partial charge is 0.481 e. The van der Waals surface area contributed by atoms with Crippen molar-refractivity contribution in [1.29, 1.82) is 0 Å². The van der Waals surface area contributed by atoms with Crippen LogP contribution in [0.5, 0.6) is 5.88 Å². The van der Waals surface area contributed by atoms with Crippen LogP contribution in [0.3, 0.4) is 0 Å². The van der Waals surface area contributed by atoms with Crippen molar-refractivity contribution < 1.29 is 9.84 Å². The van der Waals surface area contributed by atoms with Crippen molar-refractivity contribution in [3.8, 4) is 5.88 Å². The van der Waals surface area contributed by atoms with Gasteiger partial charge in [-0.3, -0.25) is 0 Å². The summed E-state index contributed by atoms with van der Waals surface area (Å²) < 4.78 is 6.97. The van der Waals surface area contributed by atoms with E-state index >= 15 is 0 Å². The Morgan fingerprint density at radius 3 is 2.80 bits per heavy atom. The van der Waals surface area contributed by atoms with Gasteiger partial charge in [0.2, 0.25) is 5.88 Å². The molecule has 0 aliphatic carbocycles. The maximum absolute atomic E-state index is 9.12. The van der Waals surface area contributed by atoms with Gasteiger partial charge in [-0.1, -0.05) is 0 Å². The molecule has 0 saturated carbocycles. The lowest BCUT2D eigenvalue weighted by Gasteiger charge is -2.08. The lowest BCUT2D eigenvalue weighted by Crippen LogP contribution is -2.24. The molecule has 0 amide bonds. The van der Waals surface area contributed by atoms with Crippen LogP contribution in [0.15, 0.2) is 0 Å². The predicted octanol–water partition coefficient (Wildman–Crippen LogP) is 0.208. The minimum absolute atomic E-state index is 0.340. The van der Waals surface area contributed by atoms with Crippen LogP contribution >= 0.6 is 0 Å². The van der Waals surface area contributed by atoms with Crippen LogP contribution in [0.2, 0.25) is 0 Å². The van der Waals surface area contributed by atoms with Gasteiger partial charge in [0.1, 0.15) is 0 Å². The maximum Gasteiger partial charge on any atom is 0.216 e. The number of aryl methyl sites for hydroxylation is 2. The number of aliphatic hydroxyl groups is 1. The van der Waals surface area contributed by atoms with E-state index in [4.69, 9.17) is 9.84 Å². The number of ether oxygens (including phenoxy) is 1. The van der Waals surface area contributed by atoms with Gasteiger partial charge in [-0.25, -0.2) is 4.68 Å². The smallest absolute Gasteiger partial charge is 0.216 e. The summed E-state index contributed by atoms with van der Waals surface area (Å²) in [7, 11) is 3.48. The molecule has 0 aliphatic heterocycles. The molecule has 0 bridgehead atoms. The fourth-order valence-corrected chi connectivity index (χ4v) is 1.55. The fraction of sp³-hybridized carbons (Fsp3) is 0.700. The highest BCUT2D eigenvalue weighted by Crippen LogP contribution is 2.20. The molecule has 0 fully saturated rings. The van der Waals surface area contributed by atoms with Crippen molar-refractivity contribution in [2.75, 3.05) is 13.7 Å². The highest BCUT2D eigenvalue weighted by Gasteiger charge is 2.12. The van der Waals surface area contributed by atoms with Gasteiger partial charge in [-0.05, 0) is 13.8 Å². The van der Waals surface area contributed by atoms with Gasteiger partial charge < -0.3 is 15.2 Å². The third-order valence-corrected chi connectivity index (χ3v) is 2.22. The highest BCUT2D eigenvalue weighted by molar-refractivity contribution is 5.30. The molecule has 0 saturated heterocycles. The van der Waals surface area contributed by atoms with Crippen LogP contribution in [-0.2, 0) is 13.6 Å². The summed E-state index contributed by atoms with van der Waals surface area (Å²) in [5.74, 6) is 0.769. The molecule has 5 heteroatoms. The number of nitrogens with one attached hydrogen (secondary N) is 1. The fourth-order valence-electron chi connectivity index (χ4n) is 1.55. The van der Waals surface area contributed by atoms with E-state index in [1.54, 1.807) is 18.7 Å². The molecule has 2 N–H and O–H groups in total. The van der Waals surface area contributed by atoms with Crippen molar-refractivity contribution in [2.24, 2.45) is 7.05 Å². The summed E-state index contributed by atoms with van der Waals surface area (Å²) in [6, 6.07) is 0. The highest BCUT2D eigenvalue weighted by atomic mass is 16.5. The number of methoxy groups -OCH3 is 1. The van der Waals surface area contributed by atoms with Crippen LogP contribution in [-0.4, -0.2) is 34.6 Å². The minimum Gasteiger partial charge on any atom is -0.481 e. The second-order valence-electron chi connectivity index (χ2n) is 3.68. The van der Waals surface area contributed by atoms with Gasteiger partial charge in [-0.2, -0.15) is 5.10 Å². The van der Waals surface area contributed by atoms with E-state index in [-0.39, 0.29) is 6.10 Å². The van der Waals surface area contributed by atoms with Crippen molar-refractivity contribution in [1.82, 2.24) is 15.1 Å². The maximum atomic E-state index is 9.12. The molecule has 0 aliphatic rings. The number of aliphatic hydroxyl groups excluding tert-OH is 1. The van der Waals surface area contributed by atoms with Crippen LogP contribution in [0, 0.1) is 6.92 Å². The Morgan fingerprint density at radius 2 is 2.27 bits per heavy atom. The quantitative estimate of drug-likeness (QED) is 0.734. The van der Waals surface area contributed by atoms with E-state index in [1.807, 2.05) is 14.0 Å². The summed E-state index contributed by atoms with van der Waals surface area (Å²) in [4.78, 5) is 0. The number of rotatable bonds is 5. The Labute approximate surface area is 90.1 Å². The van der Waals surface area contributed by atoms with Gasteiger partial charge in [0, 0.05) is 20.1 Å². The van der Waals surface area contributed by atoms with Gasteiger partial charge in [-0.15, -0.1) is 0 Å². The number of nitrogens with zero attached hydrogens (tertiary/aromatic N) is 2. The third kappa shape index (κ3) is 2.94. The average molecular weight is 213 g/mol. The molecular weight excluding hydrogens is 194 g/mol. The first kappa shape index (κ1) is 12.0. The van der Waals surface area contributed by atoms with E-state index in [0.717, 1.165) is 17.1 Å². The van der Waals surface area contributed by atoms with E-state index in [0.29, 0.717) is 13.1 Å². The normalized spacial score (nSPS) is 12.9. The Balaban J connectivity index is 2.67. The van der Waals surface area contributed by atoms with E-state index in [2.05, 4.69) is 10.4 Å². The first-order valence-corrected chi connectivity index (χ1v) is 5.01. The molecule has 15 heavy (non-hydrogen) atoms. The summed E-state index contributed by atoms with van der Waals surface area (Å²) in [5, 5.41) is 16.5. The monoisotopic (exact) mass is 213 g/mol. The van der Waals surface area contributed by atoms with Crippen LogP contribution in [0.1, 0.15) is 18.2 Å². The third-order valence-electron chi connectivity index (χ3n) is 2.22. The van der Waals surface area contributed by atoms with Crippen molar-refractivity contribution in [3.63, 3.8) is 0 Å². The molecule has 1 rings (SSSR count). The van der Waals surface area contributed by atoms with Crippen LogP contribution in [0.4, 0.5) is 0 Å². The molecule has 1 heterocycles. The van der Waals surface area contributed by atoms with Crippen LogP contribution < -0.4 is 10.1 Å². The van der Waals surface area contributed by atoms with Gasteiger partial charge >= 0.3 is 0 Å². The summed E-state index contributed by atoms with van der Waals surface area (Å²) in [5.41, 5.74) is 1.99. The predicted molar refractivity (Wildman–Crippen MR) is 57.9 cm³/mol. The second-order valence-corrected chi connectivity index (χ2v) is 3.68. The van der Waals surface area contributed by atoms with Crippen molar-refractivity contribution in [2.45, 2.75) is 26.5 Å². The van der Waals surface area contributed by atoms with E-state index < -0.39 is 0 Å². The Hall–Kier alpha value is -1.07. The topological polar surface area (TPSA) is 59.3 Å². The van der Waals surface area contributed by atoms with Gasteiger partial charge in [0.15, 0.2) is 0 Å². The zero-order valence-corrected chi connectivity index (χ0v) is 9.74. The average Bonchev–Trinajstić information content (AvgIpc) is 2.41. The number of aromatic nitrogens is 2. The minimum atomic E-state index is -0.340. The molecule has 1 unspecified atom stereocenters. The SMILES string of the molecule is COc1c(CNCC(C)O)c(C)nn1C. The lowest BCUT2D eigenvalue weighted by atomic mass is 10.2. The summed E-state index contributed by atoms with van der Waals surface area (Å²) in [6.45, 7) is 4.92. The van der Waals surface area contributed by atoms with Gasteiger partial charge in [0.25, 0.3) is 0 Å². The van der Waals surface area contributed by atoms with Crippen molar-refractivity contribution >= 4 is 0 Å². The molecule has 5 nitrogen and oxygen atoms in total. The second kappa shape index (κ2) is 5.14. The van der Waals surface area contributed by atoms with Crippen LogP contribution in [0.25, 0.3) is 0 Å². The molecule has 0 radical (unpaired) electrons. The molecule has 0 aromatic carbocycles. The Kier molecular flexibility index (Phi) is 4.11. The Morgan fingerprint density at radius 1 is 1.60 bits per heavy atom. The molecule has 0 spiro atoms. The lowest BCUT2D eigenvalue weighted by molar-refractivity contribution is 0.190. The number of hydrogen-bond donors (Lipinski definition) is 2. The standard InChI is InChI=1S/C10H19N3O2/c1-7(14)5-11-6-9-8(2)12-13(3)10(9)15-4/h7,11,14H,5-6H2,1-4H3. The first-order chi connectivity index (χ1) is 7.06. The molecule has 1 aromatic heterocycles. The van der Waals surface area contributed by atoms with E-state index in [9.17, 15) is 0 Å². The zero-order valence-electron chi connectivity index (χ0n) is 9.74. The number of hydrogen-bond acceptors (Lipinski definition) is 4. The zero-order chi connectivity index (χ0) is 11.4. The molecule has 86 valence electrons. The Bertz CT molecular complexity index is 321. The molecular formula is C10H19N3O2. The van der Waals surface area contributed by atoms with Crippen molar-refractivity contribution in [3.05, 3.63) is 11.3 Å². The van der Waals surface area contributed by atoms with E-state index in [1.165, 1.54) is 0 Å². The summed E-state index contributed by atoms with van der Waals surface area (Å²) in [6.07, 6.45) is -0.340. The first-order valence-electron chi connectivity index (χ1n) is 5.01. The molecule has 1 aromatic rings. The molecule has 1 atom stereocenters. The van der Waals surface area contributed by atoms with Gasteiger partial charge in [0.05, 0.1) is 24.5 Å². The summed E-state index contributed by atoms with van der Waals surface area (Å²) >= 11 is 0.